The lowest BCUT2D eigenvalue weighted by Gasteiger charge is -2.00. The van der Waals surface area contributed by atoms with Gasteiger partial charge in [-0.3, -0.25) is 0 Å². The summed E-state index contributed by atoms with van der Waals surface area (Å²) in [4.78, 5) is 0. The Hall–Kier alpha value is -2.55. The van der Waals surface area contributed by atoms with Gasteiger partial charge in [0, 0.05) is 0 Å². The Morgan fingerprint density at radius 1 is 0.826 bits per heavy atom. The topological polar surface area (TPSA) is 24.7 Å². The minimum atomic E-state index is -0.254. The first-order valence-electron chi connectivity index (χ1n) is 7.80. The molecular formula is C20H21FN2. The second-order valence-electron chi connectivity index (χ2n) is 5.32. The Morgan fingerprint density at radius 2 is 1.39 bits per heavy atom. The van der Waals surface area contributed by atoms with Gasteiger partial charge in [-0.1, -0.05) is 42.5 Å². The van der Waals surface area contributed by atoms with Crippen molar-refractivity contribution in [2.45, 2.75) is 25.7 Å². The molecule has 0 amide bonds. The van der Waals surface area contributed by atoms with Crippen molar-refractivity contribution in [1.29, 1.82) is 0 Å². The summed E-state index contributed by atoms with van der Waals surface area (Å²) in [7, 11) is 0. The lowest BCUT2D eigenvalue weighted by Crippen LogP contribution is -1.87. The first-order chi connectivity index (χ1) is 11.3. The van der Waals surface area contributed by atoms with E-state index in [2.05, 4.69) is 28.9 Å². The summed E-state index contributed by atoms with van der Waals surface area (Å²) in [5, 5.41) is 7.99. The largest absolute Gasteiger partial charge is 0.207 e. The molecule has 0 fully saturated rings. The Balaban J connectivity index is 1.82. The van der Waals surface area contributed by atoms with Crippen LogP contribution >= 0.6 is 0 Å². The van der Waals surface area contributed by atoms with Crippen LogP contribution in [0.1, 0.15) is 36.0 Å². The number of halogens is 1. The Labute approximate surface area is 137 Å². The van der Waals surface area contributed by atoms with E-state index in [4.69, 9.17) is 0 Å². The molecular weight excluding hydrogens is 287 g/mol. The van der Waals surface area contributed by atoms with E-state index in [1.54, 1.807) is 24.6 Å². The maximum Gasteiger partial charge on any atom is 0.123 e. The highest BCUT2D eigenvalue weighted by Crippen LogP contribution is 2.08. The van der Waals surface area contributed by atoms with Gasteiger partial charge in [0.25, 0.3) is 0 Å². The van der Waals surface area contributed by atoms with Crippen LogP contribution in [0.2, 0.25) is 0 Å². The molecule has 0 heterocycles. The highest BCUT2D eigenvalue weighted by Gasteiger charge is 1.94. The quantitative estimate of drug-likeness (QED) is 0.278. The number of rotatable bonds is 8. The number of benzene rings is 2. The van der Waals surface area contributed by atoms with Gasteiger partial charge in [-0.05, 0) is 54.5 Å². The first kappa shape index (κ1) is 16.8. The van der Waals surface area contributed by atoms with E-state index in [1.807, 2.05) is 18.2 Å². The highest BCUT2D eigenvalue weighted by molar-refractivity contribution is 5.82. The van der Waals surface area contributed by atoms with Gasteiger partial charge < -0.3 is 0 Å². The lowest BCUT2D eigenvalue weighted by atomic mass is 10.1. The van der Waals surface area contributed by atoms with Crippen LogP contribution in [-0.2, 0) is 6.42 Å². The van der Waals surface area contributed by atoms with Crippen LogP contribution in [0.5, 0.6) is 0 Å². The molecule has 2 aromatic rings. The van der Waals surface area contributed by atoms with Crippen molar-refractivity contribution in [3.63, 3.8) is 0 Å². The van der Waals surface area contributed by atoms with Crippen molar-refractivity contribution >= 4 is 12.4 Å². The number of hydrogen-bond donors (Lipinski definition) is 0. The Kier molecular flexibility index (Phi) is 6.92. The van der Waals surface area contributed by atoms with Crippen molar-refractivity contribution < 1.29 is 4.39 Å². The van der Waals surface area contributed by atoms with Crippen molar-refractivity contribution in [1.82, 2.24) is 0 Å². The van der Waals surface area contributed by atoms with Crippen LogP contribution in [0.15, 0.2) is 71.4 Å². The predicted octanol–water partition coefficient (Wildman–Crippen LogP) is 5.18. The molecule has 23 heavy (non-hydrogen) atoms. The van der Waals surface area contributed by atoms with Crippen molar-refractivity contribution in [3.8, 4) is 0 Å². The zero-order chi connectivity index (χ0) is 16.3. The molecule has 2 nitrogen and oxygen atoms in total. The first-order valence-corrected chi connectivity index (χ1v) is 7.80. The lowest BCUT2D eigenvalue weighted by molar-refractivity contribution is 0.628. The van der Waals surface area contributed by atoms with Crippen molar-refractivity contribution in [2.24, 2.45) is 10.2 Å². The molecule has 118 valence electrons. The summed E-state index contributed by atoms with van der Waals surface area (Å²) in [6.07, 6.45) is 9.81. The number of aryl methyl sites for hydroxylation is 1. The second kappa shape index (κ2) is 9.46. The van der Waals surface area contributed by atoms with Crippen LogP contribution in [0.25, 0.3) is 0 Å². The molecule has 0 radical (unpaired) electrons. The maximum absolute atomic E-state index is 12.8. The molecule has 0 atom stereocenters. The van der Waals surface area contributed by atoms with E-state index < -0.39 is 0 Å². The fourth-order valence-corrected chi connectivity index (χ4v) is 2.14. The average Bonchev–Trinajstić information content (AvgIpc) is 2.58. The molecule has 0 unspecified atom stereocenters. The van der Waals surface area contributed by atoms with E-state index in [1.165, 1.54) is 30.5 Å². The maximum atomic E-state index is 12.8. The Bertz CT molecular complexity index is 655. The van der Waals surface area contributed by atoms with Crippen molar-refractivity contribution in [2.75, 3.05) is 0 Å². The molecule has 2 aromatic carbocycles. The summed E-state index contributed by atoms with van der Waals surface area (Å²) < 4.78 is 12.8. The van der Waals surface area contributed by atoms with Crippen molar-refractivity contribution in [3.05, 3.63) is 83.7 Å². The number of allylic oxidation sites excluding steroid dienone is 1. The molecule has 0 aromatic heterocycles. The minimum Gasteiger partial charge on any atom is -0.207 e. The summed E-state index contributed by atoms with van der Waals surface area (Å²) in [6.45, 7) is 3.73. The van der Waals surface area contributed by atoms with Gasteiger partial charge in [-0.2, -0.15) is 10.2 Å². The molecule has 0 saturated heterocycles. The number of nitrogens with zero attached hydrogens (tertiary/aromatic N) is 2. The van der Waals surface area contributed by atoms with E-state index in [0.717, 1.165) is 24.0 Å². The summed E-state index contributed by atoms with van der Waals surface area (Å²) in [6, 6.07) is 14.5. The molecule has 2 rings (SSSR count). The molecule has 0 saturated carbocycles. The van der Waals surface area contributed by atoms with Gasteiger partial charge in [-0.25, -0.2) is 4.39 Å². The summed E-state index contributed by atoms with van der Waals surface area (Å²) in [5.41, 5.74) is 3.16. The summed E-state index contributed by atoms with van der Waals surface area (Å²) >= 11 is 0. The number of unbranched alkanes of at least 4 members (excludes halogenated alkanes) is 2. The predicted molar refractivity (Wildman–Crippen MR) is 95.8 cm³/mol. The van der Waals surface area contributed by atoms with Crippen LogP contribution < -0.4 is 0 Å². The van der Waals surface area contributed by atoms with Gasteiger partial charge in [-0.15, -0.1) is 6.58 Å². The zero-order valence-corrected chi connectivity index (χ0v) is 13.2. The van der Waals surface area contributed by atoms with Gasteiger partial charge in [0.05, 0.1) is 12.4 Å². The fourth-order valence-electron chi connectivity index (χ4n) is 2.14. The van der Waals surface area contributed by atoms with E-state index in [-0.39, 0.29) is 5.82 Å². The summed E-state index contributed by atoms with van der Waals surface area (Å²) in [5.74, 6) is -0.254. The molecule has 0 N–H and O–H groups in total. The molecule has 0 aliphatic heterocycles. The zero-order valence-electron chi connectivity index (χ0n) is 13.2. The SMILES string of the molecule is C=CCCCCc1ccc(/C=N/N=C/c2ccc(F)cc2)cc1. The third kappa shape index (κ3) is 6.39. The molecule has 0 spiro atoms. The third-order valence-corrected chi connectivity index (χ3v) is 3.45. The molecule has 0 aliphatic rings. The van der Waals surface area contributed by atoms with Crippen LogP contribution in [0.3, 0.4) is 0 Å². The van der Waals surface area contributed by atoms with E-state index >= 15 is 0 Å². The molecule has 0 bridgehead atoms. The van der Waals surface area contributed by atoms with Crippen LogP contribution in [-0.4, -0.2) is 12.4 Å². The van der Waals surface area contributed by atoms with Gasteiger partial charge >= 0.3 is 0 Å². The molecule has 0 aliphatic carbocycles. The van der Waals surface area contributed by atoms with Crippen LogP contribution in [0.4, 0.5) is 4.39 Å². The number of hydrogen-bond acceptors (Lipinski definition) is 2. The van der Waals surface area contributed by atoms with Gasteiger partial charge in [0.15, 0.2) is 0 Å². The highest BCUT2D eigenvalue weighted by atomic mass is 19.1. The smallest absolute Gasteiger partial charge is 0.123 e. The average molecular weight is 308 g/mol. The fraction of sp³-hybridized carbons (Fsp3) is 0.200. The van der Waals surface area contributed by atoms with Crippen LogP contribution in [0, 0.1) is 5.82 Å². The third-order valence-electron chi connectivity index (χ3n) is 3.45. The normalized spacial score (nSPS) is 11.3. The standard InChI is InChI=1S/C20H21FN2/c1-2-3-4-5-6-17-7-9-18(10-8-17)15-22-23-16-19-11-13-20(21)14-12-19/h2,7-16H,1,3-6H2/b22-15+,23-16+. The minimum absolute atomic E-state index is 0.254. The Morgan fingerprint density at radius 3 is 1.96 bits per heavy atom. The van der Waals surface area contributed by atoms with E-state index in [9.17, 15) is 4.39 Å². The van der Waals surface area contributed by atoms with Gasteiger partial charge in [0.1, 0.15) is 5.82 Å². The van der Waals surface area contributed by atoms with E-state index in [0.29, 0.717) is 0 Å². The molecule has 3 heteroatoms. The van der Waals surface area contributed by atoms with Gasteiger partial charge in [0.2, 0.25) is 0 Å². The monoisotopic (exact) mass is 308 g/mol. The second-order valence-corrected chi connectivity index (χ2v) is 5.32.